The molecule has 2 aliphatic rings. The first-order chi connectivity index (χ1) is 11.0. The third-order valence-electron chi connectivity index (χ3n) is 5.37. The minimum absolute atomic E-state index is 0.0230. The molecule has 4 unspecified atom stereocenters. The van der Waals surface area contributed by atoms with Crippen molar-refractivity contribution in [2.24, 2.45) is 5.92 Å². The van der Waals surface area contributed by atoms with E-state index in [4.69, 9.17) is 16.3 Å². The van der Waals surface area contributed by atoms with Gasteiger partial charge < -0.3 is 14.7 Å². The lowest BCUT2D eigenvalue weighted by Gasteiger charge is -2.36. The van der Waals surface area contributed by atoms with E-state index in [2.05, 4.69) is 11.9 Å². The molecule has 126 valence electrons. The van der Waals surface area contributed by atoms with Crippen LogP contribution in [-0.4, -0.2) is 41.2 Å². The first-order valence-corrected chi connectivity index (χ1v) is 8.69. The van der Waals surface area contributed by atoms with Crippen LogP contribution in [0.3, 0.4) is 0 Å². The minimum atomic E-state index is -0.899. The van der Waals surface area contributed by atoms with Crippen molar-refractivity contribution in [3.8, 4) is 0 Å². The topological polar surface area (TPSA) is 49.8 Å². The Balaban J connectivity index is 1.59. The Morgan fingerprint density at radius 2 is 2.00 bits per heavy atom. The molecule has 2 bridgehead atoms. The third kappa shape index (κ3) is 3.54. The normalized spacial score (nSPS) is 30.0. The predicted octanol–water partition coefficient (Wildman–Crippen LogP) is 3.18. The highest BCUT2D eigenvalue weighted by Crippen LogP contribution is 2.36. The van der Waals surface area contributed by atoms with Gasteiger partial charge in [0, 0.05) is 17.1 Å². The van der Waals surface area contributed by atoms with E-state index in [1.165, 1.54) is 12.8 Å². The maximum absolute atomic E-state index is 12.4. The fourth-order valence-electron chi connectivity index (χ4n) is 3.84. The van der Waals surface area contributed by atoms with Gasteiger partial charge in [-0.1, -0.05) is 23.7 Å². The van der Waals surface area contributed by atoms with E-state index in [0.29, 0.717) is 22.7 Å². The number of hydrogen-bond acceptors (Lipinski definition) is 4. The molecule has 1 N–H and O–H groups in total. The van der Waals surface area contributed by atoms with Crippen LogP contribution < -0.4 is 0 Å². The number of carbonyl (C=O) groups excluding carboxylic acids is 1. The number of aliphatic hydroxyl groups is 1. The highest BCUT2D eigenvalue weighted by atomic mass is 35.5. The molecule has 0 aliphatic carbocycles. The Morgan fingerprint density at radius 1 is 1.35 bits per heavy atom. The van der Waals surface area contributed by atoms with Crippen molar-refractivity contribution < 1.29 is 14.6 Å². The number of fused-ring (bicyclic) bond motifs is 2. The van der Waals surface area contributed by atoms with Crippen LogP contribution in [0.15, 0.2) is 24.3 Å². The lowest BCUT2D eigenvalue weighted by molar-refractivity contribution is -0.160. The van der Waals surface area contributed by atoms with E-state index in [1.54, 1.807) is 31.2 Å². The summed E-state index contributed by atoms with van der Waals surface area (Å²) < 4.78 is 5.70. The summed E-state index contributed by atoms with van der Waals surface area (Å²) in [6, 6.07) is 8.03. The van der Waals surface area contributed by atoms with Crippen molar-refractivity contribution in [3.63, 3.8) is 0 Å². The van der Waals surface area contributed by atoms with Crippen molar-refractivity contribution in [1.29, 1.82) is 0 Å². The molecule has 2 fully saturated rings. The number of ether oxygens (including phenoxy) is 1. The van der Waals surface area contributed by atoms with Crippen LogP contribution >= 0.6 is 11.6 Å². The van der Waals surface area contributed by atoms with Crippen LogP contribution in [-0.2, 0) is 9.53 Å². The standard InChI is InChI=1S/C18H24ClNO3/c1-11(17(21)12-4-3-5-13(19)8-12)18(22)23-16-9-14-6-7-15(10-16)20(14)2/h3-5,8,11,14-17,21H,6-7,9-10H2,1-2H3. The minimum Gasteiger partial charge on any atom is -0.462 e. The molecule has 2 aliphatic heterocycles. The number of carbonyl (C=O) groups is 1. The largest absolute Gasteiger partial charge is 0.462 e. The Hall–Kier alpha value is -1.10. The second-order valence-corrected chi connectivity index (χ2v) is 7.31. The molecule has 0 amide bonds. The SMILES string of the molecule is CC(C(=O)OC1CC2CCC(C1)N2C)C(O)c1cccc(Cl)c1. The summed E-state index contributed by atoms with van der Waals surface area (Å²) in [5.74, 6) is -0.933. The molecule has 1 aromatic carbocycles. The number of nitrogens with zero attached hydrogens (tertiary/aromatic N) is 1. The Bertz CT molecular complexity index is 565. The molecule has 0 aromatic heterocycles. The second kappa shape index (κ2) is 6.80. The fourth-order valence-corrected chi connectivity index (χ4v) is 4.04. The van der Waals surface area contributed by atoms with Gasteiger partial charge >= 0.3 is 5.97 Å². The molecule has 5 heteroatoms. The van der Waals surface area contributed by atoms with E-state index in [1.807, 2.05) is 0 Å². The second-order valence-electron chi connectivity index (χ2n) is 6.87. The highest BCUT2D eigenvalue weighted by molar-refractivity contribution is 6.30. The molecule has 2 heterocycles. The molecule has 0 spiro atoms. The number of aliphatic hydroxyl groups excluding tert-OH is 1. The Morgan fingerprint density at radius 3 is 2.61 bits per heavy atom. The van der Waals surface area contributed by atoms with Gasteiger partial charge in [-0.15, -0.1) is 0 Å². The van der Waals surface area contributed by atoms with E-state index >= 15 is 0 Å². The summed E-state index contributed by atoms with van der Waals surface area (Å²) in [5, 5.41) is 11.0. The number of halogens is 1. The van der Waals surface area contributed by atoms with Crippen LogP contribution in [0.2, 0.25) is 5.02 Å². The van der Waals surface area contributed by atoms with E-state index < -0.39 is 12.0 Å². The Kier molecular flexibility index (Phi) is 4.95. The predicted molar refractivity (Wildman–Crippen MR) is 89.3 cm³/mol. The number of rotatable bonds is 4. The molecule has 3 rings (SSSR count). The molecule has 0 saturated carbocycles. The fraction of sp³-hybridized carbons (Fsp3) is 0.611. The van der Waals surface area contributed by atoms with Gasteiger partial charge in [-0.2, -0.15) is 0 Å². The molecule has 0 radical (unpaired) electrons. The monoisotopic (exact) mass is 337 g/mol. The Labute approximate surface area is 142 Å². The summed E-state index contributed by atoms with van der Waals surface area (Å²) in [4.78, 5) is 14.8. The van der Waals surface area contributed by atoms with E-state index in [9.17, 15) is 9.90 Å². The zero-order valence-corrected chi connectivity index (χ0v) is 14.4. The molecule has 2 saturated heterocycles. The first kappa shape index (κ1) is 16.7. The number of esters is 1. The quantitative estimate of drug-likeness (QED) is 0.857. The number of piperidine rings is 1. The summed E-state index contributed by atoms with van der Waals surface area (Å²) in [5.41, 5.74) is 0.644. The molecular weight excluding hydrogens is 314 g/mol. The van der Waals surface area contributed by atoms with Crippen molar-refractivity contribution in [2.45, 2.75) is 56.9 Å². The first-order valence-electron chi connectivity index (χ1n) is 8.31. The van der Waals surface area contributed by atoms with Crippen molar-refractivity contribution in [3.05, 3.63) is 34.9 Å². The van der Waals surface area contributed by atoms with Crippen LogP contribution in [0.5, 0.6) is 0 Å². The van der Waals surface area contributed by atoms with Gasteiger partial charge in [-0.3, -0.25) is 4.79 Å². The maximum atomic E-state index is 12.4. The highest BCUT2D eigenvalue weighted by Gasteiger charge is 2.40. The van der Waals surface area contributed by atoms with E-state index in [0.717, 1.165) is 12.8 Å². The zero-order valence-electron chi connectivity index (χ0n) is 13.6. The zero-order chi connectivity index (χ0) is 16.6. The molecule has 4 nitrogen and oxygen atoms in total. The average Bonchev–Trinajstić information content (AvgIpc) is 2.75. The van der Waals surface area contributed by atoms with Gasteiger partial charge in [-0.25, -0.2) is 0 Å². The summed E-state index contributed by atoms with van der Waals surface area (Å²) in [6.45, 7) is 1.71. The lowest BCUT2D eigenvalue weighted by Crippen LogP contribution is -2.44. The van der Waals surface area contributed by atoms with Crippen molar-refractivity contribution in [1.82, 2.24) is 4.90 Å². The molecular formula is C18H24ClNO3. The molecule has 1 aromatic rings. The number of hydrogen-bond donors (Lipinski definition) is 1. The van der Waals surface area contributed by atoms with Crippen LogP contribution in [0.25, 0.3) is 0 Å². The van der Waals surface area contributed by atoms with Gasteiger partial charge in [0.1, 0.15) is 6.10 Å². The molecule has 4 atom stereocenters. The summed E-state index contributed by atoms with van der Waals surface area (Å²) >= 11 is 5.95. The van der Waals surface area contributed by atoms with Crippen LogP contribution in [0.1, 0.15) is 44.3 Å². The maximum Gasteiger partial charge on any atom is 0.311 e. The number of benzene rings is 1. The van der Waals surface area contributed by atoms with Crippen LogP contribution in [0.4, 0.5) is 0 Å². The van der Waals surface area contributed by atoms with Crippen LogP contribution in [0, 0.1) is 5.92 Å². The smallest absolute Gasteiger partial charge is 0.311 e. The third-order valence-corrected chi connectivity index (χ3v) is 5.61. The average molecular weight is 338 g/mol. The van der Waals surface area contributed by atoms with E-state index in [-0.39, 0.29) is 12.1 Å². The van der Waals surface area contributed by atoms with Gasteiger partial charge in [0.2, 0.25) is 0 Å². The van der Waals surface area contributed by atoms with Gasteiger partial charge in [-0.05, 0) is 57.4 Å². The van der Waals surface area contributed by atoms with Gasteiger partial charge in [0.05, 0.1) is 12.0 Å². The summed E-state index contributed by atoms with van der Waals surface area (Å²) in [7, 11) is 2.16. The summed E-state index contributed by atoms with van der Waals surface area (Å²) in [6.07, 6.45) is 3.26. The lowest BCUT2D eigenvalue weighted by atomic mass is 9.96. The van der Waals surface area contributed by atoms with Crippen molar-refractivity contribution in [2.75, 3.05) is 7.05 Å². The van der Waals surface area contributed by atoms with Gasteiger partial charge in [0.25, 0.3) is 0 Å². The van der Waals surface area contributed by atoms with Gasteiger partial charge in [0.15, 0.2) is 0 Å². The molecule has 23 heavy (non-hydrogen) atoms. The van der Waals surface area contributed by atoms with Crippen molar-refractivity contribution >= 4 is 17.6 Å².